The Morgan fingerprint density at radius 1 is 1.50 bits per heavy atom. The molecule has 1 aliphatic carbocycles. The van der Waals surface area contributed by atoms with Crippen molar-refractivity contribution in [3.05, 3.63) is 42.8 Å². The third kappa shape index (κ3) is 3.48. The lowest BCUT2D eigenvalue weighted by Crippen LogP contribution is -2.20. The minimum absolute atomic E-state index is 0.192. The fraction of sp³-hybridized carbons (Fsp3) is 0.385. The van der Waals surface area contributed by atoms with Crippen LogP contribution in [0.1, 0.15) is 23.3 Å². The number of nitrogens with zero attached hydrogens (tertiary/aromatic N) is 2. The van der Waals surface area contributed by atoms with Crippen LogP contribution in [-0.2, 0) is 4.74 Å². The van der Waals surface area contributed by atoms with E-state index in [9.17, 15) is 4.79 Å². The Morgan fingerprint density at radius 2 is 2.33 bits per heavy atom. The van der Waals surface area contributed by atoms with E-state index in [-0.39, 0.29) is 5.69 Å². The van der Waals surface area contributed by atoms with E-state index in [1.54, 1.807) is 0 Å². The van der Waals surface area contributed by atoms with Crippen LogP contribution in [0, 0.1) is 0 Å². The molecule has 0 amide bonds. The van der Waals surface area contributed by atoms with Crippen molar-refractivity contribution >= 4 is 5.97 Å². The number of aromatic nitrogens is 1. The van der Waals surface area contributed by atoms with Gasteiger partial charge in [0, 0.05) is 12.6 Å². The summed E-state index contributed by atoms with van der Waals surface area (Å²) < 4.78 is 8.86. The monoisotopic (exact) mass is 248 g/mol. The second-order valence-electron chi connectivity index (χ2n) is 4.06. The first-order chi connectivity index (χ1) is 8.81. The van der Waals surface area contributed by atoms with Gasteiger partial charge in [-0.3, -0.25) is 0 Å². The molecule has 0 saturated heterocycles. The Bertz CT molecular complexity index is 433. The maximum absolute atomic E-state index is 10.5. The Labute approximate surface area is 106 Å². The van der Waals surface area contributed by atoms with E-state index < -0.39 is 5.97 Å². The molecule has 0 atom stereocenters. The maximum Gasteiger partial charge on any atom is 0.360 e. The predicted molar refractivity (Wildman–Crippen MR) is 65.9 cm³/mol. The lowest BCUT2D eigenvalue weighted by molar-refractivity contribution is 0.0594. The van der Waals surface area contributed by atoms with Gasteiger partial charge < -0.3 is 14.1 Å². The van der Waals surface area contributed by atoms with Gasteiger partial charge in [-0.15, -0.1) is 0 Å². The highest BCUT2D eigenvalue weighted by Crippen LogP contribution is 2.27. The van der Waals surface area contributed by atoms with Gasteiger partial charge in [-0.05, 0) is 25.1 Å². The summed E-state index contributed by atoms with van der Waals surface area (Å²) in [6.07, 6.45) is 13.8. The highest BCUT2D eigenvalue weighted by atomic mass is 16.5. The number of ether oxygens (including phenoxy) is 1. The number of hydrogen-bond donors (Lipinski definition) is 0. The molecule has 1 aliphatic heterocycles. The Balaban J connectivity index is 0.000000134. The first-order valence-electron chi connectivity index (χ1n) is 5.87. The molecular weight excluding hydrogens is 232 g/mol. The molecule has 2 heterocycles. The number of carbonyl (C=O) groups excluding carboxylic acids is 1. The number of esters is 1. The molecule has 1 aromatic rings. The number of rotatable bonds is 2. The zero-order valence-electron chi connectivity index (χ0n) is 10.3. The Morgan fingerprint density at radius 3 is 2.83 bits per heavy atom. The van der Waals surface area contributed by atoms with Gasteiger partial charge in [0.15, 0.2) is 12.1 Å². The summed E-state index contributed by atoms with van der Waals surface area (Å²) in [5.41, 5.74) is 0.192. The smallest absolute Gasteiger partial charge is 0.360 e. The number of oxazole rings is 1. The highest BCUT2D eigenvalue weighted by Gasteiger charge is 2.26. The molecule has 5 heteroatoms. The van der Waals surface area contributed by atoms with Crippen LogP contribution < -0.4 is 0 Å². The maximum atomic E-state index is 10.5. The summed E-state index contributed by atoms with van der Waals surface area (Å²) in [7, 11) is 1.29. The van der Waals surface area contributed by atoms with Crippen molar-refractivity contribution in [3.8, 4) is 0 Å². The minimum Gasteiger partial charge on any atom is -0.464 e. The molecular formula is C13H16N2O3. The van der Waals surface area contributed by atoms with Crippen LogP contribution in [0.2, 0.25) is 0 Å². The molecule has 0 N–H and O–H groups in total. The molecule has 1 fully saturated rings. The molecule has 3 rings (SSSR count). The van der Waals surface area contributed by atoms with E-state index in [2.05, 4.69) is 43.5 Å². The van der Waals surface area contributed by atoms with Crippen molar-refractivity contribution in [3.63, 3.8) is 0 Å². The summed E-state index contributed by atoms with van der Waals surface area (Å²) in [6, 6.07) is 0.881. The Kier molecular flexibility index (Phi) is 4.17. The summed E-state index contributed by atoms with van der Waals surface area (Å²) in [5.74, 6) is -0.483. The predicted octanol–water partition coefficient (Wildman–Crippen LogP) is 2.00. The van der Waals surface area contributed by atoms with Crippen LogP contribution in [-0.4, -0.2) is 35.5 Å². The van der Waals surface area contributed by atoms with Gasteiger partial charge in [0.2, 0.25) is 0 Å². The van der Waals surface area contributed by atoms with Crippen LogP contribution >= 0.6 is 0 Å². The molecule has 2 aliphatic rings. The first-order valence-corrected chi connectivity index (χ1v) is 5.87. The van der Waals surface area contributed by atoms with Crippen LogP contribution in [0.15, 0.2) is 41.5 Å². The van der Waals surface area contributed by atoms with Crippen molar-refractivity contribution in [2.75, 3.05) is 13.7 Å². The van der Waals surface area contributed by atoms with Crippen LogP contribution in [0.5, 0.6) is 0 Å². The van der Waals surface area contributed by atoms with Crippen LogP contribution in [0.4, 0.5) is 0 Å². The number of hydrogen-bond acceptors (Lipinski definition) is 5. The van der Waals surface area contributed by atoms with E-state index in [0.29, 0.717) is 0 Å². The number of allylic oxidation sites excluding steroid dienone is 2. The molecule has 5 nitrogen and oxygen atoms in total. The molecule has 0 radical (unpaired) electrons. The second kappa shape index (κ2) is 6.05. The van der Waals surface area contributed by atoms with E-state index in [4.69, 9.17) is 0 Å². The van der Waals surface area contributed by atoms with Crippen molar-refractivity contribution in [2.24, 2.45) is 0 Å². The standard InChI is InChI=1S/C8H11N.C5H5NO3/c1-2-6-9(7-3-1)8-4-5-8;1-8-5(7)4-2-9-3-6-4/h1-3,6,8H,4-5,7H2;2-3H,1H3. The quantitative estimate of drug-likeness (QED) is 0.749. The lowest BCUT2D eigenvalue weighted by atomic mass is 10.3. The molecule has 0 unspecified atom stereocenters. The van der Waals surface area contributed by atoms with E-state index >= 15 is 0 Å². The highest BCUT2D eigenvalue weighted by molar-refractivity contribution is 5.86. The van der Waals surface area contributed by atoms with E-state index in [1.165, 1.54) is 32.6 Å². The fourth-order valence-electron chi connectivity index (χ4n) is 1.58. The zero-order chi connectivity index (χ0) is 12.8. The van der Waals surface area contributed by atoms with Gasteiger partial charge in [0.25, 0.3) is 0 Å². The van der Waals surface area contributed by atoms with E-state index in [0.717, 1.165) is 12.6 Å². The van der Waals surface area contributed by atoms with Gasteiger partial charge in [-0.2, -0.15) is 0 Å². The van der Waals surface area contributed by atoms with Crippen molar-refractivity contribution in [1.29, 1.82) is 0 Å². The SMILES string of the molecule is C1=CCN(C2CC2)C=C1.COC(=O)c1cocn1. The largest absolute Gasteiger partial charge is 0.464 e. The van der Waals surface area contributed by atoms with Gasteiger partial charge in [0.1, 0.15) is 6.26 Å². The normalized spacial score (nSPS) is 17.1. The van der Waals surface area contributed by atoms with Crippen molar-refractivity contribution in [1.82, 2.24) is 9.88 Å². The summed E-state index contributed by atoms with van der Waals surface area (Å²) in [6.45, 7) is 1.13. The lowest BCUT2D eigenvalue weighted by Gasteiger charge is -2.19. The average molecular weight is 248 g/mol. The molecule has 0 aromatic carbocycles. The Hall–Kier alpha value is -2.04. The zero-order valence-corrected chi connectivity index (χ0v) is 10.3. The third-order valence-corrected chi connectivity index (χ3v) is 2.68. The fourth-order valence-corrected chi connectivity index (χ4v) is 1.58. The van der Waals surface area contributed by atoms with Crippen LogP contribution in [0.3, 0.4) is 0 Å². The second-order valence-corrected chi connectivity index (χ2v) is 4.06. The molecule has 1 aromatic heterocycles. The van der Waals surface area contributed by atoms with Crippen LogP contribution in [0.25, 0.3) is 0 Å². The van der Waals surface area contributed by atoms with Gasteiger partial charge in [0.05, 0.1) is 7.11 Å². The number of carbonyl (C=O) groups is 1. The van der Waals surface area contributed by atoms with Crippen molar-refractivity contribution in [2.45, 2.75) is 18.9 Å². The van der Waals surface area contributed by atoms with E-state index in [1.807, 2.05) is 0 Å². The molecule has 1 saturated carbocycles. The van der Waals surface area contributed by atoms with Gasteiger partial charge in [-0.1, -0.05) is 12.2 Å². The molecule has 18 heavy (non-hydrogen) atoms. The molecule has 0 spiro atoms. The van der Waals surface area contributed by atoms with Gasteiger partial charge in [-0.25, -0.2) is 9.78 Å². The number of methoxy groups -OCH3 is 1. The molecule has 0 bridgehead atoms. The summed E-state index contributed by atoms with van der Waals surface area (Å²) in [5, 5.41) is 0. The summed E-state index contributed by atoms with van der Waals surface area (Å²) in [4.78, 5) is 16.5. The molecule has 96 valence electrons. The van der Waals surface area contributed by atoms with Crippen molar-refractivity contribution < 1.29 is 13.9 Å². The first kappa shape index (κ1) is 12.4. The average Bonchev–Trinajstić information content (AvgIpc) is 3.15. The summed E-state index contributed by atoms with van der Waals surface area (Å²) >= 11 is 0. The van der Waals surface area contributed by atoms with Gasteiger partial charge >= 0.3 is 5.97 Å². The minimum atomic E-state index is -0.483. The topological polar surface area (TPSA) is 55.6 Å². The third-order valence-electron chi connectivity index (χ3n) is 2.68.